The zero-order chi connectivity index (χ0) is 11.7. The molecule has 85 valence electrons. The number of rotatable bonds is 2. The first-order valence-corrected chi connectivity index (χ1v) is 5.36. The van der Waals surface area contributed by atoms with Gasteiger partial charge in [-0.15, -0.1) is 0 Å². The molecule has 2 aromatic carbocycles. The molecule has 2 nitrogen and oxygen atoms in total. The van der Waals surface area contributed by atoms with Crippen molar-refractivity contribution in [3.05, 3.63) is 59.4 Å². The zero-order valence-electron chi connectivity index (χ0n) is 9.07. The SMILES string of the molecule is Fc1cc[c]c(Cc2ccc3c(c2)OCO3)c1. The normalized spacial score (nSPS) is 12.8. The standard InChI is InChI=1S/C14H10FO2/c15-12-3-1-2-10(7-12)6-11-4-5-13-14(8-11)17-9-16-13/h1,3-5,7-8H,6,9H2. The minimum absolute atomic E-state index is 0.237. The number of halogens is 1. The monoisotopic (exact) mass is 229 g/mol. The van der Waals surface area contributed by atoms with Gasteiger partial charge in [-0.2, -0.15) is 0 Å². The van der Waals surface area contributed by atoms with Crippen LogP contribution in [0.15, 0.2) is 36.4 Å². The summed E-state index contributed by atoms with van der Waals surface area (Å²) in [5, 5.41) is 0. The van der Waals surface area contributed by atoms with E-state index in [0.29, 0.717) is 6.42 Å². The summed E-state index contributed by atoms with van der Waals surface area (Å²) in [5.74, 6) is 1.27. The van der Waals surface area contributed by atoms with Crippen LogP contribution in [0.1, 0.15) is 11.1 Å². The molecule has 0 atom stereocenters. The van der Waals surface area contributed by atoms with E-state index in [1.54, 1.807) is 6.07 Å². The molecule has 0 saturated carbocycles. The molecule has 0 unspecified atom stereocenters. The Morgan fingerprint density at radius 3 is 2.88 bits per heavy atom. The molecule has 0 aromatic heterocycles. The molecule has 1 radical (unpaired) electrons. The number of benzene rings is 2. The summed E-state index contributed by atoms with van der Waals surface area (Å²) < 4.78 is 23.6. The lowest BCUT2D eigenvalue weighted by Crippen LogP contribution is -1.93. The van der Waals surface area contributed by atoms with E-state index in [4.69, 9.17) is 9.47 Å². The quantitative estimate of drug-likeness (QED) is 0.788. The van der Waals surface area contributed by atoms with Gasteiger partial charge in [-0.25, -0.2) is 4.39 Å². The van der Waals surface area contributed by atoms with E-state index in [0.717, 1.165) is 22.6 Å². The Hall–Kier alpha value is -2.03. The van der Waals surface area contributed by atoms with Crippen LogP contribution < -0.4 is 9.47 Å². The summed E-state index contributed by atoms with van der Waals surface area (Å²) in [6.07, 6.45) is 0.633. The van der Waals surface area contributed by atoms with Crippen molar-refractivity contribution >= 4 is 0 Å². The first-order valence-electron chi connectivity index (χ1n) is 5.36. The van der Waals surface area contributed by atoms with Crippen LogP contribution in [-0.4, -0.2) is 6.79 Å². The minimum Gasteiger partial charge on any atom is -0.454 e. The van der Waals surface area contributed by atoms with Gasteiger partial charge in [0, 0.05) is 0 Å². The predicted octanol–water partition coefficient (Wildman–Crippen LogP) is 2.95. The van der Waals surface area contributed by atoms with Gasteiger partial charge in [0.2, 0.25) is 6.79 Å². The van der Waals surface area contributed by atoms with Gasteiger partial charge >= 0.3 is 0 Å². The number of fused-ring (bicyclic) bond motifs is 1. The molecule has 1 heterocycles. The van der Waals surface area contributed by atoms with Gasteiger partial charge in [0.1, 0.15) is 5.82 Å². The fourth-order valence-electron chi connectivity index (χ4n) is 1.86. The fraction of sp³-hybridized carbons (Fsp3) is 0.143. The predicted molar refractivity (Wildman–Crippen MR) is 60.6 cm³/mol. The van der Waals surface area contributed by atoms with Crippen molar-refractivity contribution in [3.8, 4) is 11.5 Å². The Morgan fingerprint density at radius 2 is 2.00 bits per heavy atom. The Bertz CT molecular complexity index is 552. The summed E-state index contributed by atoms with van der Waals surface area (Å²) in [6.45, 7) is 0.269. The highest BCUT2D eigenvalue weighted by Crippen LogP contribution is 2.33. The van der Waals surface area contributed by atoms with Gasteiger partial charge in [0.15, 0.2) is 11.5 Å². The lowest BCUT2D eigenvalue weighted by atomic mass is 10.0. The van der Waals surface area contributed by atoms with Crippen LogP contribution in [0.5, 0.6) is 11.5 Å². The summed E-state index contributed by atoms with van der Waals surface area (Å²) in [7, 11) is 0. The molecule has 3 rings (SSSR count). The van der Waals surface area contributed by atoms with E-state index in [1.165, 1.54) is 12.1 Å². The fourth-order valence-corrected chi connectivity index (χ4v) is 1.86. The zero-order valence-corrected chi connectivity index (χ0v) is 9.07. The Morgan fingerprint density at radius 1 is 1.12 bits per heavy atom. The maximum Gasteiger partial charge on any atom is 0.231 e. The topological polar surface area (TPSA) is 18.5 Å². The van der Waals surface area contributed by atoms with Gasteiger partial charge in [-0.1, -0.05) is 12.1 Å². The largest absolute Gasteiger partial charge is 0.454 e. The van der Waals surface area contributed by atoms with Crippen LogP contribution in [0.25, 0.3) is 0 Å². The molecule has 2 aromatic rings. The third-order valence-electron chi connectivity index (χ3n) is 2.65. The molecule has 0 amide bonds. The van der Waals surface area contributed by atoms with E-state index in [-0.39, 0.29) is 12.6 Å². The molecule has 0 aliphatic carbocycles. The van der Waals surface area contributed by atoms with Crippen LogP contribution in [0.2, 0.25) is 0 Å². The molecule has 1 aliphatic heterocycles. The second-order valence-electron chi connectivity index (χ2n) is 3.90. The van der Waals surface area contributed by atoms with Crippen LogP contribution in [0, 0.1) is 11.9 Å². The van der Waals surface area contributed by atoms with Gasteiger partial charge in [0.25, 0.3) is 0 Å². The van der Waals surface area contributed by atoms with Crippen LogP contribution >= 0.6 is 0 Å². The highest BCUT2D eigenvalue weighted by atomic mass is 19.1. The van der Waals surface area contributed by atoms with Crippen molar-refractivity contribution in [2.24, 2.45) is 0 Å². The molecule has 3 heteroatoms. The van der Waals surface area contributed by atoms with Crippen LogP contribution in [0.4, 0.5) is 4.39 Å². The Kier molecular flexibility index (Phi) is 2.44. The highest BCUT2D eigenvalue weighted by molar-refractivity contribution is 5.45. The van der Waals surface area contributed by atoms with Crippen molar-refractivity contribution in [1.82, 2.24) is 0 Å². The molecule has 0 fully saturated rings. The first-order chi connectivity index (χ1) is 8.31. The van der Waals surface area contributed by atoms with Gasteiger partial charge < -0.3 is 9.47 Å². The van der Waals surface area contributed by atoms with Crippen molar-refractivity contribution < 1.29 is 13.9 Å². The average molecular weight is 229 g/mol. The van der Waals surface area contributed by atoms with E-state index in [1.807, 2.05) is 18.2 Å². The Labute approximate surface area is 98.6 Å². The molecule has 0 bridgehead atoms. The smallest absolute Gasteiger partial charge is 0.231 e. The van der Waals surface area contributed by atoms with E-state index < -0.39 is 0 Å². The van der Waals surface area contributed by atoms with Crippen molar-refractivity contribution in [1.29, 1.82) is 0 Å². The van der Waals surface area contributed by atoms with Gasteiger partial charge in [0.05, 0.1) is 0 Å². The van der Waals surface area contributed by atoms with Crippen molar-refractivity contribution in [2.75, 3.05) is 6.79 Å². The van der Waals surface area contributed by atoms with Crippen molar-refractivity contribution in [3.63, 3.8) is 0 Å². The van der Waals surface area contributed by atoms with E-state index >= 15 is 0 Å². The second-order valence-corrected chi connectivity index (χ2v) is 3.90. The van der Waals surface area contributed by atoms with Gasteiger partial charge in [-0.3, -0.25) is 0 Å². The molecule has 0 spiro atoms. The van der Waals surface area contributed by atoms with Crippen molar-refractivity contribution in [2.45, 2.75) is 6.42 Å². The van der Waals surface area contributed by atoms with E-state index in [2.05, 4.69) is 6.07 Å². The molecular formula is C14H10FO2. The number of hydrogen-bond acceptors (Lipinski definition) is 2. The lowest BCUT2D eigenvalue weighted by molar-refractivity contribution is 0.174. The summed E-state index contributed by atoms with van der Waals surface area (Å²) in [6, 6.07) is 13.2. The highest BCUT2D eigenvalue weighted by Gasteiger charge is 2.13. The first kappa shape index (κ1) is 10.1. The average Bonchev–Trinajstić information content (AvgIpc) is 2.76. The number of ether oxygens (including phenoxy) is 2. The van der Waals surface area contributed by atoms with E-state index in [9.17, 15) is 4.39 Å². The van der Waals surface area contributed by atoms with Gasteiger partial charge in [-0.05, 0) is 47.9 Å². The molecule has 0 saturated heterocycles. The summed E-state index contributed by atoms with van der Waals surface area (Å²) in [4.78, 5) is 0. The molecule has 1 aliphatic rings. The summed E-state index contributed by atoms with van der Waals surface area (Å²) in [5.41, 5.74) is 1.87. The molecule has 17 heavy (non-hydrogen) atoms. The summed E-state index contributed by atoms with van der Waals surface area (Å²) >= 11 is 0. The van der Waals surface area contributed by atoms with Crippen LogP contribution in [-0.2, 0) is 6.42 Å². The maximum absolute atomic E-state index is 13.0. The third-order valence-corrected chi connectivity index (χ3v) is 2.65. The molecule has 0 N–H and O–H groups in total. The van der Waals surface area contributed by atoms with Crippen LogP contribution in [0.3, 0.4) is 0 Å². The lowest BCUT2D eigenvalue weighted by Gasteiger charge is -2.03. The Balaban J connectivity index is 1.86. The maximum atomic E-state index is 13.0. The number of hydrogen-bond donors (Lipinski definition) is 0. The molecular weight excluding hydrogens is 219 g/mol. The second kappa shape index (κ2) is 4.09. The third kappa shape index (κ3) is 2.09. The minimum atomic E-state index is -0.237.